The van der Waals surface area contributed by atoms with Gasteiger partial charge >= 0.3 is 11.9 Å². The smallest absolute Gasteiger partial charge is 0.336 e. The molecule has 2 unspecified atom stereocenters. The third-order valence-corrected chi connectivity index (χ3v) is 5.12. The van der Waals surface area contributed by atoms with E-state index >= 15 is 0 Å². The number of hydrogen-bond donors (Lipinski definition) is 1. The molecule has 2 aromatic rings. The maximum absolute atomic E-state index is 12.9. The van der Waals surface area contributed by atoms with Gasteiger partial charge in [0, 0.05) is 0 Å². The van der Waals surface area contributed by atoms with E-state index in [0.717, 1.165) is 22.3 Å². The fourth-order valence-corrected chi connectivity index (χ4v) is 3.33. The van der Waals surface area contributed by atoms with Crippen molar-refractivity contribution < 1.29 is 24.2 Å². The van der Waals surface area contributed by atoms with Crippen molar-refractivity contribution in [1.29, 1.82) is 0 Å². The summed E-state index contributed by atoms with van der Waals surface area (Å²) in [6.45, 7) is 9.48. The van der Waals surface area contributed by atoms with E-state index in [1.807, 2.05) is 76.2 Å². The molecule has 0 aliphatic rings. The zero-order chi connectivity index (χ0) is 22.3. The fraction of sp³-hybridized carbons (Fsp3) is 0.440. The summed E-state index contributed by atoms with van der Waals surface area (Å²) >= 11 is 0. The second kappa shape index (κ2) is 10.4. The monoisotopic (exact) mass is 412 g/mol. The average molecular weight is 413 g/mol. The zero-order valence-corrected chi connectivity index (χ0v) is 18.5. The van der Waals surface area contributed by atoms with Crippen molar-refractivity contribution in [3.63, 3.8) is 0 Å². The second-order valence-corrected chi connectivity index (χ2v) is 8.57. The van der Waals surface area contributed by atoms with Crippen LogP contribution >= 0.6 is 0 Å². The van der Waals surface area contributed by atoms with Crippen LogP contribution in [0.1, 0.15) is 49.4 Å². The number of ether oxygens (including phenoxy) is 2. The predicted octanol–water partition coefficient (Wildman–Crippen LogP) is 4.50. The standard InChI is InChI=1S/C25H32O5/c1-17(2)14-25(5,24(28)30-16-21-12-8-19(4)9-13-21)22(26)23(27)29-15-20-10-6-18(3)7-11-20/h6-13,17,22,26H,14-16H2,1-5H3. The summed E-state index contributed by atoms with van der Waals surface area (Å²) in [5.41, 5.74) is 2.47. The summed E-state index contributed by atoms with van der Waals surface area (Å²) in [5.74, 6) is -1.37. The molecular formula is C25H32O5. The highest BCUT2D eigenvalue weighted by Crippen LogP contribution is 2.33. The van der Waals surface area contributed by atoms with E-state index in [2.05, 4.69) is 0 Å². The van der Waals surface area contributed by atoms with Gasteiger partial charge in [-0.2, -0.15) is 0 Å². The highest BCUT2D eigenvalue weighted by Gasteiger charge is 2.47. The predicted molar refractivity (Wildman–Crippen MR) is 116 cm³/mol. The number of esters is 2. The SMILES string of the molecule is Cc1ccc(COC(=O)C(O)C(C)(CC(C)C)C(=O)OCc2ccc(C)cc2)cc1. The summed E-state index contributed by atoms with van der Waals surface area (Å²) in [7, 11) is 0. The van der Waals surface area contributed by atoms with E-state index < -0.39 is 23.5 Å². The Morgan fingerprint density at radius 1 is 0.867 bits per heavy atom. The van der Waals surface area contributed by atoms with Gasteiger partial charge in [-0.05, 0) is 44.2 Å². The first-order valence-electron chi connectivity index (χ1n) is 10.2. The number of aliphatic hydroxyl groups is 1. The molecule has 5 nitrogen and oxygen atoms in total. The van der Waals surface area contributed by atoms with Gasteiger partial charge in [-0.3, -0.25) is 4.79 Å². The molecule has 162 valence electrons. The van der Waals surface area contributed by atoms with Crippen LogP contribution in [0.15, 0.2) is 48.5 Å². The molecular weight excluding hydrogens is 380 g/mol. The fourth-order valence-electron chi connectivity index (χ4n) is 3.33. The van der Waals surface area contributed by atoms with Crippen LogP contribution in [-0.2, 0) is 32.3 Å². The van der Waals surface area contributed by atoms with Crippen molar-refractivity contribution in [3.05, 3.63) is 70.8 Å². The topological polar surface area (TPSA) is 72.8 Å². The second-order valence-electron chi connectivity index (χ2n) is 8.57. The maximum Gasteiger partial charge on any atom is 0.336 e. The lowest BCUT2D eigenvalue weighted by Crippen LogP contribution is -2.47. The Morgan fingerprint density at radius 2 is 1.30 bits per heavy atom. The molecule has 0 saturated heterocycles. The van der Waals surface area contributed by atoms with Crippen molar-refractivity contribution in [2.75, 3.05) is 0 Å². The quantitative estimate of drug-likeness (QED) is 0.614. The number of hydrogen-bond acceptors (Lipinski definition) is 5. The minimum atomic E-state index is -1.61. The van der Waals surface area contributed by atoms with Gasteiger partial charge in [0.1, 0.15) is 18.6 Å². The van der Waals surface area contributed by atoms with Crippen molar-refractivity contribution in [3.8, 4) is 0 Å². The van der Waals surface area contributed by atoms with E-state index in [1.165, 1.54) is 0 Å². The minimum absolute atomic E-state index is 0.0341. The van der Waals surface area contributed by atoms with Crippen LogP contribution in [0.3, 0.4) is 0 Å². The molecule has 2 atom stereocenters. The van der Waals surface area contributed by atoms with Crippen LogP contribution in [0.5, 0.6) is 0 Å². The molecule has 0 saturated carbocycles. The van der Waals surface area contributed by atoms with Gasteiger partial charge in [0.25, 0.3) is 0 Å². The Labute approximate surface area is 179 Å². The maximum atomic E-state index is 12.9. The van der Waals surface area contributed by atoms with Gasteiger partial charge in [-0.1, -0.05) is 73.5 Å². The van der Waals surface area contributed by atoms with Crippen LogP contribution in [-0.4, -0.2) is 23.1 Å². The van der Waals surface area contributed by atoms with Crippen molar-refractivity contribution in [2.45, 2.75) is 60.4 Å². The van der Waals surface area contributed by atoms with Gasteiger partial charge in [0.05, 0.1) is 0 Å². The van der Waals surface area contributed by atoms with Gasteiger partial charge in [-0.15, -0.1) is 0 Å². The summed E-state index contributed by atoms with van der Waals surface area (Å²) in [6.07, 6.45) is -1.32. The third-order valence-electron chi connectivity index (χ3n) is 5.12. The number of aliphatic hydroxyl groups excluding tert-OH is 1. The molecule has 0 spiro atoms. The van der Waals surface area contributed by atoms with E-state index in [4.69, 9.17) is 9.47 Å². The van der Waals surface area contributed by atoms with Crippen molar-refractivity contribution in [2.24, 2.45) is 11.3 Å². The molecule has 5 heteroatoms. The van der Waals surface area contributed by atoms with Gasteiger partial charge < -0.3 is 14.6 Å². The molecule has 0 aliphatic carbocycles. The first kappa shape index (κ1) is 23.6. The largest absolute Gasteiger partial charge is 0.460 e. The molecule has 2 rings (SSSR count). The summed E-state index contributed by atoms with van der Waals surface area (Å²) in [6, 6.07) is 15.2. The highest BCUT2D eigenvalue weighted by molar-refractivity contribution is 5.86. The Hall–Kier alpha value is -2.66. The van der Waals surface area contributed by atoms with Crippen LogP contribution in [0, 0.1) is 25.2 Å². The summed E-state index contributed by atoms with van der Waals surface area (Å²) in [5, 5.41) is 10.7. The Kier molecular flexibility index (Phi) is 8.18. The van der Waals surface area contributed by atoms with E-state index in [-0.39, 0.29) is 19.1 Å². The van der Waals surface area contributed by atoms with E-state index in [9.17, 15) is 14.7 Å². The number of carbonyl (C=O) groups excluding carboxylic acids is 2. The van der Waals surface area contributed by atoms with E-state index in [1.54, 1.807) is 6.92 Å². The van der Waals surface area contributed by atoms with Gasteiger partial charge in [0.15, 0.2) is 6.10 Å². The Bertz CT molecular complexity index is 839. The molecule has 30 heavy (non-hydrogen) atoms. The van der Waals surface area contributed by atoms with Gasteiger partial charge in [0.2, 0.25) is 0 Å². The molecule has 0 bridgehead atoms. The molecule has 0 aliphatic heterocycles. The molecule has 0 amide bonds. The Balaban J connectivity index is 2.06. The lowest BCUT2D eigenvalue weighted by molar-refractivity contribution is -0.178. The van der Waals surface area contributed by atoms with E-state index in [0.29, 0.717) is 6.42 Å². The van der Waals surface area contributed by atoms with Gasteiger partial charge in [-0.25, -0.2) is 4.79 Å². The van der Waals surface area contributed by atoms with Crippen LogP contribution < -0.4 is 0 Å². The Morgan fingerprint density at radius 3 is 1.73 bits per heavy atom. The van der Waals surface area contributed by atoms with Crippen LogP contribution in [0.4, 0.5) is 0 Å². The summed E-state index contributed by atoms with van der Waals surface area (Å²) < 4.78 is 10.8. The average Bonchev–Trinajstić information content (AvgIpc) is 2.71. The minimum Gasteiger partial charge on any atom is -0.460 e. The number of rotatable bonds is 9. The normalized spacial score (nSPS) is 14.1. The first-order valence-corrected chi connectivity index (χ1v) is 10.2. The number of benzene rings is 2. The molecule has 1 N–H and O–H groups in total. The third kappa shape index (κ3) is 6.42. The molecule has 0 radical (unpaired) electrons. The lowest BCUT2D eigenvalue weighted by Gasteiger charge is -2.32. The number of aryl methyl sites for hydroxylation is 2. The molecule has 2 aromatic carbocycles. The molecule has 0 fully saturated rings. The zero-order valence-electron chi connectivity index (χ0n) is 18.5. The van der Waals surface area contributed by atoms with Crippen molar-refractivity contribution in [1.82, 2.24) is 0 Å². The number of carbonyl (C=O) groups is 2. The molecule has 0 aromatic heterocycles. The van der Waals surface area contributed by atoms with Crippen LogP contribution in [0.2, 0.25) is 0 Å². The van der Waals surface area contributed by atoms with Crippen LogP contribution in [0.25, 0.3) is 0 Å². The highest BCUT2D eigenvalue weighted by atomic mass is 16.6. The van der Waals surface area contributed by atoms with Crippen molar-refractivity contribution >= 4 is 11.9 Å². The first-order chi connectivity index (χ1) is 14.1. The molecule has 0 heterocycles. The summed E-state index contributed by atoms with van der Waals surface area (Å²) in [4.78, 5) is 25.5. The lowest BCUT2D eigenvalue weighted by atomic mass is 9.77.